The summed E-state index contributed by atoms with van der Waals surface area (Å²) in [7, 11) is 1.92. The summed E-state index contributed by atoms with van der Waals surface area (Å²) in [6.07, 6.45) is 6.22. The summed E-state index contributed by atoms with van der Waals surface area (Å²) in [4.78, 5) is 19.6. The highest BCUT2D eigenvalue weighted by Gasteiger charge is 2.19. The Bertz CT molecular complexity index is 1210. The lowest BCUT2D eigenvalue weighted by atomic mass is 9.97. The molecule has 1 N–H and O–H groups in total. The maximum Gasteiger partial charge on any atom is 0.259 e. The van der Waals surface area contributed by atoms with Crippen molar-refractivity contribution < 1.29 is 0 Å². The Kier molecular flexibility index (Phi) is 3.87. The Morgan fingerprint density at radius 3 is 2.81 bits per heavy atom. The second-order valence-corrected chi connectivity index (χ2v) is 8.36. The molecule has 7 heteroatoms. The van der Waals surface area contributed by atoms with E-state index < -0.39 is 0 Å². The van der Waals surface area contributed by atoms with Crippen LogP contribution in [-0.4, -0.2) is 32.3 Å². The number of hydrogen-bond acceptors (Lipinski definition) is 5. The quantitative estimate of drug-likeness (QED) is 0.581. The number of aromatic nitrogens is 4. The minimum atomic E-state index is -0.0182. The molecule has 4 heterocycles. The van der Waals surface area contributed by atoms with Crippen LogP contribution in [0.1, 0.15) is 29.2 Å². The van der Waals surface area contributed by atoms with E-state index in [0.29, 0.717) is 5.92 Å². The van der Waals surface area contributed by atoms with E-state index in [1.165, 1.54) is 4.88 Å². The summed E-state index contributed by atoms with van der Waals surface area (Å²) in [5.74, 6) is 0.523. The van der Waals surface area contributed by atoms with Gasteiger partial charge in [0.2, 0.25) is 0 Å². The average Bonchev–Trinajstić information content (AvgIpc) is 3.26. The third kappa shape index (κ3) is 2.87. The lowest BCUT2D eigenvalue weighted by Crippen LogP contribution is -2.26. The summed E-state index contributed by atoms with van der Waals surface area (Å²) in [6.45, 7) is 4.12. The zero-order valence-corrected chi connectivity index (χ0v) is 16.2. The SMILES string of the molecule is Cc1cc(-c2cc(=O)n3cc(C4CCNCC4)sc3n2)cc2cn(C)nc12. The van der Waals surface area contributed by atoms with E-state index in [1.807, 2.05) is 31.0 Å². The molecule has 0 atom stereocenters. The number of thiazole rings is 1. The Morgan fingerprint density at radius 2 is 2.00 bits per heavy atom. The smallest absolute Gasteiger partial charge is 0.259 e. The van der Waals surface area contributed by atoms with Gasteiger partial charge in [-0.2, -0.15) is 5.10 Å². The highest BCUT2D eigenvalue weighted by Crippen LogP contribution is 2.31. The molecular formula is C20H21N5OS. The van der Waals surface area contributed by atoms with E-state index >= 15 is 0 Å². The monoisotopic (exact) mass is 379 g/mol. The van der Waals surface area contributed by atoms with Crippen molar-refractivity contribution >= 4 is 27.2 Å². The van der Waals surface area contributed by atoms with Crippen molar-refractivity contribution in [2.75, 3.05) is 13.1 Å². The van der Waals surface area contributed by atoms with Gasteiger partial charge in [0.05, 0.1) is 11.2 Å². The van der Waals surface area contributed by atoms with Crippen LogP contribution in [0.4, 0.5) is 0 Å². The van der Waals surface area contributed by atoms with Crippen molar-refractivity contribution in [2.24, 2.45) is 7.05 Å². The van der Waals surface area contributed by atoms with Gasteiger partial charge in [0.15, 0.2) is 4.96 Å². The van der Waals surface area contributed by atoms with Gasteiger partial charge in [0, 0.05) is 41.3 Å². The first kappa shape index (κ1) is 16.6. The molecule has 0 unspecified atom stereocenters. The molecule has 1 fully saturated rings. The highest BCUT2D eigenvalue weighted by atomic mass is 32.1. The van der Waals surface area contributed by atoms with Gasteiger partial charge in [-0.25, -0.2) is 4.98 Å². The Morgan fingerprint density at radius 1 is 1.19 bits per heavy atom. The topological polar surface area (TPSA) is 64.2 Å². The second kappa shape index (κ2) is 6.28. The van der Waals surface area contributed by atoms with Crippen molar-refractivity contribution in [3.8, 4) is 11.3 Å². The van der Waals surface area contributed by atoms with Gasteiger partial charge >= 0.3 is 0 Å². The van der Waals surface area contributed by atoms with E-state index in [1.54, 1.807) is 21.8 Å². The van der Waals surface area contributed by atoms with E-state index in [0.717, 1.165) is 58.6 Å². The van der Waals surface area contributed by atoms with E-state index in [2.05, 4.69) is 22.5 Å². The molecule has 0 aliphatic carbocycles. The molecule has 3 aromatic heterocycles. The summed E-state index contributed by atoms with van der Waals surface area (Å²) < 4.78 is 3.51. The fraction of sp³-hybridized carbons (Fsp3) is 0.350. The molecule has 0 spiro atoms. The zero-order chi connectivity index (χ0) is 18.5. The van der Waals surface area contributed by atoms with Crippen LogP contribution >= 0.6 is 11.3 Å². The van der Waals surface area contributed by atoms with Crippen LogP contribution in [0, 0.1) is 6.92 Å². The van der Waals surface area contributed by atoms with E-state index in [4.69, 9.17) is 4.98 Å². The van der Waals surface area contributed by atoms with Crippen LogP contribution in [0.5, 0.6) is 0 Å². The van der Waals surface area contributed by atoms with Gasteiger partial charge < -0.3 is 5.32 Å². The van der Waals surface area contributed by atoms with Crippen LogP contribution in [-0.2, 0) is 7.05 Å². The molecule has 0 radical (unpaired) electrons. The molecular weight excluding hydrogens is 358 g/mol. The van der Waals surface area contributed by atoms with Crippen LogP contribution < -0.4 is 10.9 Å². The predicted octanol–water partition coefficient (Wildman–Crippen LogP) is 3.09. The number of fused-ring (bicyclic) bond motifs is 2. The number of nitrogens with zero attached hydrogens (tertiary/aromatic N) is 4. The molecule has 1 aromatic carbocycles. The van der Waals surface area contributed by atoms with Crippen molar-refractivity contribution in [2.45, 2.75) is 25.7 Å². The summed E-state index contributed by atoms with van der Waals surface area (Å²) in [5.41, 5.74) is 3.75. The fourth-order valence-corrected chi connectivity index (χ4v) is 5.10. The minimum Gasteiger partial charge on any atom is -0.317 e. The molecule has 6 nitrogen and oxygen atoms in total. The number of rotatable bonds is 2. The Hall–Kier alpha value is -2.51. The summed E-state index contributed by atoms with van der Waals surface area (Å²) >= 11 is 1.65. The number of nitrogens with one attached hydrogen (secondary N) is 1. The summed E-state index contributed by atoms with van der Waals surface area (Å²) in [6, 6.07) is 5.77. The van der Waals surface area contributed by atoms with Gasteiger partial charge in [-0.15, -0.1) is 11.3 Å². The third-order valence-electron chi connectivity index (χ3n) is 5.34. The zero-order valence-electron chi connectivity index (χ0n) is 15.4. The third-order valence-corrected chi connectivity index (χ3v) is 6.48. The molecule has 1 aliphatic rings. The largest absolute Gasteiger partial charge is 0.317 e. The maximum atomic E-state index is 12.7. The molecule has 5 rings (SSSR count). The molecule has 0 amide bonds. The fourth-order valence-electron chi connectivity index (χ4n) is 3.94. The molecule has 1 saturated heterocycles. The van der Waals surface area contributed by atoms with Gasteiger partial charge in [-0.05, 0) is 56.5 Å². The van der Waals surface area contributed by atoms with Crippen LogP contribution in [0.25, 0.3) is 27.1 Å². The second-order valence-electron chi connectivity index (χ2n) is 7.32. The highest BCUT2D eigenvalue weighted by molar-refractivity contribution is 7.17. The van der Waals surface area contributed by atoms with Crippen molar-refractivity contribution in [1.29, 1.82) is 0 Å². The molecule has 138 valence electrons. The minimum absolute atomic E-state index is 0.0182. The summed E-state index contributed by atoms with van der Waals surface area (Å²) in [5, 5.41) is 8.96. The van der Waals surface area contributed by atoms with Gasteiger partial charge in [-0.3, -0.25) is 13.9 Å². The first-order chi connectivity index (χ1) is 13.1. The number of hydrogen-bond donors (Lipinski definition) is 1. The van der Waals surface area contributed by atoms with Crippen molar-refractivity contribution in [1.82, 2.24) is 24.5 Å². The van der Waals surface area contributed by atoms with Crippen molar-refractivity contribution in [3.63, 3.8) is 0 Å². The predicted molar refractivity (Wildman–Crippen MR) is 109 cm³/mol. The molecule has 0 bridgehead atoms. The lowest BCUT2D eigenvalue weighted by Gasteiger charge is -2.20. The first-order valence-corrected chi connectivity index (χ1v) is 10.1. The van der Waals surface area contributed by atoms with Gasteiger partial charge in [0.1, 0.15) is 0 Å². The van der Waals surface area contributed by atoms with Gasteiger partial charge in [0.25, 0.3) is 5.56 Å². The van der Waals surface area contributed by atoms with E-state index in [9.17, 15) is 4.79 Å². The number of piperidine rings is 1. The van der Waals surface area contributed by atoms with Crippen LogP contribution in [0.15, 0.2) is 35.4 Å². The molecule has 27 heavy (non-hydrogen) atoms. The van der Waals surface area contributed by atoms with Crippen LogP contribution in [0.2, 0.25) is 0 Å². The molecule has 1 aliphatic heterocycles. The molecule has 0 saturated carbocycles. The normalized spacial score (nSPS) is 15.8. The maximum absolute atomic E-state index is 12.7. The molecule has 4 aromatic rings. The van der Waals surface area contributed by atoms with Crippen molar-refractivity contribution in [3.05, 3.63) is 51.4 Å². The average molecular weight is 379 g/mol. The Labute approximate surface area is 160 Å². The number of benzene rings is 1. The first-order valence-electron chi connectivity index (χ1n) is 9.27. The van der Waals surface area contributed by atoms with Gasteiger partial charge in [-0.1, -0.05) is 0 Å². The standard InChI is InChI=1S/C20H21N5OS/c1-12-7-14(8-15-10-24(2)23-19(12)15)16-9-18(26)25-11-17(27-20(25)22-16)13-3-5-21-6-4-13/h7-11,13,21H,3-6H2,1-2H3. The number of aryl methyl sites for hydroxylation is 2. The lowest BCUT2D eigenvalue weighted by molar-refractivity contribution is 0.464. The van der Waals surface area contributed by atoms with Crippen LogP contribution in [0.3, 0.4) is 0 Å². The Balaban J connectivity index is 1.62. The van der Waals surface area contributed by atoms with E-state index in [-0.39, 0.29) is 5.56 Å².